The fourth-order valence-electron chi connectivity index (χ4n) is 3.42. The van der Waals surface area contributed by atoms with Crippen LogP contribution in [0.25, 0.3) is 0 Å². The number of likely N-dealkylation sites (tertiary alicyclic amines) is 1. The third kappa shape index (κ3) is 4.36. The molecule has 1 fully saturated rings. The summed E-state index contributed by atoms with van der Waals surface area (Å²) in [5.74, 6) is 0.162. The first-order valence-corrected chi connectivity index (χ1v) is 9.34. The molecule has 0 radical (unpaired) electrons. The summed E-state index contributed by atoms with van der Waals surface area (Å²) in [7, 11) is 0. The highest BCUT2D eigenvalue weighted by atomic mass is 35.5. The van der Waals surface area contributed by atoms with Crippen LogP contribution in [0.3, 0.4) is 0 Å². The summed E-state index contributed by atoms with van der Waals surface area (Å²) in [6, 6.07) is 6.96. The largest absolute Gasteiger partial charge is 0.386 e. The Balaban J connectivity index is 1.61. The average molecular weight is 378 g/mol. The molecule has 1 saturated heterocycles. The Morgan fingerprint density at radius 3 is 2.96 bits per heavy atom. The molecule has 0 aliphatic carbocycles. The summed E-state index contributed by atoms with van der Waals surface area (Å²) < 4.78 is 0. The van der Waals surface area contributed by atoms with Crippen molar-refractivity contribution < 1.29 is 14.4 Å². The minimum Gasteiger partial charge on any atom is -0.386 e. The molecule has 0 saturated carbocycles. The van der Waals surface area contributed by atoms with Crippen LogP contribution in [0.2, 0.25) is 5.02 Å². The summed E-state index contributed by atoms with van der Waals surface area (Å²) in [5, 5.41) is 7.36. The molecule has 140 valence electrons. The third-order valence-electron chi connectivity index (χ3n) is 4.66. The SMILES string of the molecule is CC(C)CC(=O)N1CCCC2(CC(C(=O)Nc3cccc(Cl)c3)=NO2)C1. The number of halogens is 1. The molecule has 0 bridgehead atoms. The van der Waals surface area contributed by atoms with Crippen molar-refractivity contribution in [2.24, 2.45) is 11.1 Å². The van der Waals surface area contributed by atoms with E-state index in [0.29, 0.717) is 41.7 Å². The molecule has 3 rings (SSSR count). The molecule has 7 heteroatoms. The maximum absolute atomic E-state index is 12.5. The van der Waals surface area contributed by atoms with Crippen LogP contribution in [0, 0.1) is 5.92 Å². The number of benzene rings is 1. The van der Waals surface area contributed by atoms with Crippen LogP contribution in [0.4, 0.5) is 5.69 Å². The normalized spacial score (nSPS) is 22.3. The minimum absolute atomic E-state index is 0.138. The van der Waals surface area contributed by atoms with E-state index in [1.54, 1.807) is 24.3 Å². The van der Waals surface area contributed by atoms with E-state index >= 15 is 0 Å². The maximum Gasteiger partial charge on any atom is 0.273 e. The Labute approximate surface area is 158 Å². The Hall–Kier alpha value is -2.08. The van der Waals surface area contributed by atoms with Gasteiger partial charge in [0.05, 0.1) is 6.54 Å². The highest BCUT2D eigenvalue weighted by Gasteiger charge is 2.45. The van der Waals surface area contributed by atoms with E-state index in [1.807, 2.05) is 18.7 Å². The van der Waals surface area contributed by atoms with Gasteiger partial charge < -0.3 is 15.1 Å². The number of nitrogens with zero attached hydrogens (tertiary/aromatic N) is 2. The first-order valence-electron chi connectivity index (χ1n) is 8.97. The highest BCUT2D eigenvalue weighted by molar-refractivity contribution is 6.43. The molecule has 1 unspecified atom stereocenters. The molecule has 1 aromatic carbocycles. The molecule has 2 aliphatic rings. The second-order valence-corrected chi connectivity index (χ2v) is 7.91. The smallest absolute Gasteiger partial charge is 0.273 e. The van der Waals surface area contributed by atoms with Gasteiger partial charge in [-0.2, -0.15) is 0 Å². The maximum atomic E-state index is 12.5. The molecule has 6 nitrogen and oxygen atoms in total. The third-order valence-corrected chi connectivity index (χ3v) is 4.89. The van der Waals surface area contributed by atoms with Crippen molar-refractivity contribution in [3.8, 4) is 0 Å². The first kappa shape index (κ1) is 18.7. The monoisotopic (exact) mass is 377 g/mol. The number of hydrogen-bond donors (Lipinski definition) is 1. The van der Waals surface area contributed by atoms with Crippen molar-refractivity contribution in [3.63, 3.8) is 0 Å². The lowest BCUT2D eigenvalue weighted by Crippen LogP contribution is -2.51. The van der Waals surface area contributed by atoms with Gasteiger partial charge in [0.1, 0.15) is 5.71 Å². The first-order chi connectivity index (χ1) is 12.4. The standard InChI is InChI=1S/C19H24ClN3O3/c1-13(2)9-17(24)23-8-4-7-19(12-23)11-16(22-26-19)18(25)21-15-6-3-5-14(20)10-15/h3,5-6,10,13H,4,7-9,11-12H2,1-2H3,(H,21,25). The topological polar surface area (TPSA) is 71.0 Å². The Morgan fingerprint density at radius 2 is 2.23 bits per heavy atom. The summed E-state index contributed by atoms with van der Waals surface area (Å²) in [6.45, 7) is 5.28. The van der Waals surface area contributed by atoms with E-state index in [0.717, 1.165) is 19.4 Å². The molecule has 1 atom stereocenters. The summed E-state index contributed by atoms with van der Waals surface area (Å²) in [6.07, 6.45) is 2.57. The predicted molar refractivity (Wildman–Crippen MR) is 101 cm³/mol. The summed E-state index contributed by atoms with van der Waals surface area (Å²) in [4.78, 5) is 32.4. The van der Waals surface area contributed by atoms with Crippen molar-refractivity contribution in [2.45, 2.75) is 45.1 Å². The zero-order valence-corrected chi connectivity index (χ0v) is 15.9. The molecule has 1 N–H and O–H groups in total. The zero-order chi connectivity index (χ0) is 18.7. The molecule has 2 amide bonds. The van der Waals surface area contributed by atoms with Crippen molar-refractivity contribution in [1.29, 1.82) is 0 Å². The number of oxime groups is 1. The zero-order valence-electron chi connectivity index (χ0n) is 15.1. The fourth-order valence-corrected chi connectivity index (χ4v) is 3.61. The Bertz CT molecular complexity index is 734. The molecular weight excluding hydrogens is 354 g/mol. The predicted octanol–water partition coefficient (Wildman–Crippen LogP) is 3.46. The average Bonchev–Trinajstić information content (AvgIpc) is 2.98. The van der Waals surface area contributed by atoms with Gasteiger partial charge in [0.25, 0.3) is 5.91 Å². The lowest BCUT2D eigenvalue weighted by atomic mass is 9.87. The van der Waals surface area contributed by atoms with Crippen molar-refractivity contribution in [1.82, 2.24) is 4.90 Å². The lowest BCUT2D eigenvalue weighted by molar-refractivity contribution is -0.141. The summed E-state index contributed by atoms with van der Waals surface area (Å²) >= 11 is 5.94. The van der Waals surface area contributed by atoms with Crippen LogP contribution in [-0.2, 0) is 14.4 Å². The number of carbonyl (C=O) groups excluding carboxylic acids is 2. The van der Waals surface area contributed by atoms with Gasteiger partial charge in [0.15, 0.2) is 5.60 Å². The van der Waals surface area contributed by atoms with Gasteiger partial charge >= 0.3 is 0 Å². The number of carbonyl (C=O) groups is 2. The molecule has 26 heavy (non-hydrogen) atoms. The number of piperidine rings is 1. The van der Waals surface area contributed by atoms with Crippen LogP contribution in [0.5, 0.6) is 0 Å². The van der Waals surface area contributed by atoms with Crippen molar-refractivity contribution in [2.75, 3.05) is 18.4 Å². The quantitative estimate of drug-likeness (QED) is 0.873. The van der Waals surface area contributed by atoms with Gasteiger partial charge in [-0.25, -0.2) is 0 Å². The van der Waals surface area contributed by atoms with Gasteiger partial charge in [0.2, 0.25) is 5.91 Å². The van der Waals surface area contributed by atoms with Crippen LogP contribution in [0.15, 0.2) is 29.4 Å². The van der Waals surface area contributed by atoms with E-state index in [1.165, 1.54) is 0 Å². The van der Waals surface area contributed by atoms with Crippen LogP contribution in [0.1, 0.15) is 39.5 Å². The molecule has 0 aromatic heterocycles. The molecule has 1 aromatic rings. The summed E-state index contributed by atoms with van der Waals surface area (Å²) in [5.41, 5.74) is 0.387. The molecular formula is C19H24ClN3O3. The minimum atomic E-state index is -0.577. The number of rotatable bonds is 4. The van der Waals surface area contributed by atoms with Crippen LogP contribution >= 0.6 is 11.6 Å². The number of anilines is 1. The van der Waals surface area contributed by atoms with Gasteiger partial charge in [-0.1, -0.05) is 36.7 Å². The van der Waals surface area contributed by atoms with E-state index in [9.17, 15) is 9.59 Å². The van der Waals surface area contributed by atoms with Crippen LogP contribution < -0.4 is 5.32 Å². The molecule has 2 aliphatic heterocycles. The van der Waals surface area contributed by atoms with Gasteiger partial charge in [-0.3, -0.25) is 9.59 Å². The lowest BCUT2D eigenvalue weighted by Gasteiger charge is -2.38. The van der Waals surface area contributed by atoms with E-state index in [2.05, 4.69) is 10.5 Å². The van der Waals surface area contributed by atoms with Gasteiger partial charge in [0, 0.05) is 30.1 Å². The Morgan fingerprint density at radius 1 is 1.42 bits per heavy atom. The second-order valence-electron chi connectivity index (χ2n) is 7.47. The molecule has 2 heterocycles. The van der Waals surface area contributed by atoms with Crippen molar-refractivity contribution in [3.05, 3.63) is 29.3 Å². The number of nitrogens with one attached hydrogen (secondary N) is 1. The fraction of sp³-hybridized carbons (Fsp3) is 0.526. The van der Waals surface area contributed by atoms with Crippen molar-refractivity contribution >= 4 is 34.8 Å². The van der Waals surface area contributed by atoms with E-state index in [-0.39, 0.29) is 11.8 Å². The number of hydrogen-bond acceptors (Lipinski definition) is 4. The van der Waals surface area contributed by atoms with Gasteiger partial charge in [-0.05, 0) is 37.0 Å². The van der Waals surface area contributed by atoms with Crippen LogP contribution in [-0.4, -0.2) is 41.1 Å². The van der Waals surface area contributed by atoms with Gasteiger partial charge in [-0.15, -0.1) is 0 Å². The number of amides is 2. The highest BCUT2D eigenvalue weighted by Crippen LogP contribution is 2.34. The molecule has 1 spiro atoms. The Kier molecular flexibility index (Phi) is 5.51. The van der Waals surface area contributed by atoms with E-state index < -0.39 is 5.60 Å². The second kappa shape index (κ2) is 7.66. The van der Waals surface area contributed by atoms with E-state index in [4.69, 9.17) is 16.4 Å².